The Hall–Kier alpha value is -2.08. The molecule has 0 spiro atoms. The molecule has 3 aromatic rings. The lowest BCUT2D eigenvalue weighted by Gasteiger charge is -2.07. The number of para-hydroxylation sites is 2. The molecule has 0 fully saturated rings. The van der Waals surface area contributed by atoms with E-state index in [0.717, 1.165) is 22.4 Å². The fourth-order valence-electron chi connectivity index (χ4n) is 1.98. The van der Waals surface area contributed by atoms with Crippen molar-refractivity contribution in [2.45, 2.75) is 18.7 Å². The number of benzene rings is 1. The van der Waals surface area contributed by atoms with Gasteiger partial charge in [0, 0.05) is 0 Å². The number of aryl methyl sites for hydroxylation is 2. The summed E-state index contributed by atoms with van der Waals surface area (Å²) in [7, 11) is 0. The summed E-state index contributed by atoms with van der Waals surface area (Å²) in [4.78, 5) is 9.79. The van der Waals surface area contributed by atoms with Gasteiger partial charge in [-0.25, -0.2) is 9.97 Å². The van der Waals surface area contributed by atoms with Gasteiger partial charge in [-0.3, -0.25) is 0 Å². The standard InChI is InChI=1S/C13H13N5S/c1-7-11(19)12(14)18(17-7)13-8(2)15-9-5-3-4-6-10(9)16-13/h3-6,19H,14H2,1-2H3. The van der Waals surface area contributed by atoms with Crippen LogP contribution in [-0.2, 0) is 0 Å². The minimum absolute atomic E-state index is 0.480. The van der Waals surface area contributed by atoms with E-state index in [1.54, 1.807) is 4.68 Å². The fraction of sp³-hybridized carbons (Fsp3) is 0.154. The average molecular weight is 271 g/mol. The highest BCUT2D eigenvalue weighted by molar-refractivity contribution is 7.80. The number of nitrogens with two attached hydrogens (primary N) is 1. The van der Waals surface area contributed by atoms with Gasteiger partial charge >= 0.3 is 0 Å². The van der Waals surface area contributed by atoms with Crippen molar-refractivity contribution in [3.8, 4) is 5.82 Å². The van der Waals surface area contributed by atoms with Gasteiger partial charge in [0.15, 0.2) is 5.82 Å². The highest BCUT2D eigenvalue weighted by Crippen LogP contribution is 2.24. The van der Waals surface area contributed by atoms with Gasteiger partial charge in [-0.15, -0.1) is 12.6 Å². The predicted molar refractivity (Wildman–Crippen MR) is 77.8 cm³/mol. The number of rotatable bonds is 1. The van der Waals surface area contributed by atoms with Crippen LogP contribution in [-0.4, -0.2) is 19.7 Å². The van der Waals surface area contributed by atoms with Crippen molar-refractivity contribution in [2.75, 3.05) is 5.73 Å². The van der Waals surface area contributed by atoms with Crippen LogP contribution in [0.5, 0.6) is 0 Å². The number of nitrogens with zero attached hydrogens (tertiary/aromatic N) is 4. The van der Waals surface area contributed by atoms with E-state index in [1.807, 2.05) is 38.1 Å². The summed E-state index contributed by atoms with van der Waals surface area (Å²) in [6, 6.07) is 7.71. The number of nitrogen functional groups attached to an aromatic ring is 1. The highest BCUT2D eigenvalue weighted by Gasteiger charge is 2.15. The second-order valence-corrected chi connectivity index (χ2v) is 4.80. The van der Waals surface area contributed by atoms with Crippen molar-refractivity contribution >= 4 is 29.5 Å². The summed E-state index contributed by atoms with van der Waals surface area (Å²) in [5, 5.41) is 4.36. The lowest BCUT2D eigenvalue weighted by Crippen LogP contribution is -2.08. The Morgan fingerprint density at radius 3 is 2.26 bits per heavy atom. The van der Waals surface area contributed by atoms with E-state index in [9.17, 15) is 0 Å². The summed E-state index contributed by atoms with van der Waals surface area (Å²) in [6.45, 7) is 3.75. The highest BCUT2D eigenvalue weighted by atomic mass is 32.1. The molecule has 2 aromatic heterocycles. The van der Waals surface area contributed by atoms with Gasteiger partial charge in [0.05, 0.1) is 27.3 Å². The van der Waals surface area contributed by atoms with Gasteiger partial charge in [-0.2, -0.15) is 9.78 Å². The molecular formula is C13H13N5S. The molecule has 19 heavy (non-hydrogen) atoms. The van der Waals surface area contributed by atoms with E-state index in [1.165, 1.54) is 0 Å². The molecule has 5 nitrogen and oxygen atoms in total. The molecule has 6 heteroatoms. The predicted octanol–water partition coefficient (Wildman–Crippen LogP) is 2.30. The quantitative estimate of drug-likeness (QED) is 0.666. The molecular weight excluding hydrogens is 258 g/mol. The van der Waals surface area contributed by atoms with E-state index in [2.05, 4.69) is 27.7 Å². The van der Waals surface area contributed by atoms with Crippen molar-refractivity contribution < 1.29 is 0 Å². The first kappa shape index (κ1) is 12.0. The monoisotopic (exact) mass is 271 g/mol. The first-order valence-corrected chi connectivity index (χ1v) is 6.30. The molecule has 96 valence electrons. The first-order valence-electron chi connectivity index (χ1n) is 5.85. The van der Waals surface area contributed by atoms with Crippen LogP contribution in [0.1, 0.15) is 11.4 Å². The smallest absolute Gasteiger partial charge is 0.177 e. The topological polar surface area (TPSA) is 69.6 Å². The lowest BCUT2D eigenvalue weighted by molar-refractivity contribution is 0.829. The van der Waals surface area contributed by atoms with Crippen LogP contribution >= 0.6 is 12.6 Å². The molecule has 0 atom stereocenters. The zero-order chi connectivity index (χ0) is 13.6. The van der Waals surface area contributed by atoms with Crippen LogP contribution in [0.3, 0.4) is 0 Å². The fourth-order valence-corrected chi connectivity index (χ4v) is 2.12. The molecule has 0 radical (unpaired) electrons. The number of aromatic nitrogens is 4. The van der Waals surface area contributed by atoms with E-state index in [4.69, 9.17) is 5.73 Å². The maximum atomic E-state index is 6.00. The van der Waals surface area contributed by atoms with E-state index >= 15 is 0 Å². The number of thiol groups is 1. The number of anilines is 1. The molecule has 0 amide bonds. The third-order valence-electron chi connectivity index (χ3n) is 2.98. The van der Waals surface area contributed by atoms with Crippen LogP contribution in [0.4, 0.5) is 5.82 Å². The molecule has 0 aliphatic rings. The van der Waals surface area contributed by atoms with Gasteiger partial charge in [0.2, 0.25) is 0 Å². The summed E-state index contributed by atoms with van der Waals surface area (Å²) in [6.07, 6.45) is 0. The van der Waals surface area contributed by atoms with Crippen molar-refractivity contribution in [3.63, 3.8) is 0 Å². The Labute approximate surface area is 115 Å². The van der Waals surface area contributed by atoms with Gasteiger partial charge < -0.3 is 5.73 Å². The van der Waals surface area contributed by atoms with Crippen molar-refractivity contribution in [1.29, 1.82) is 0 Å². The Morgan fingerprint density at radius 1 is 1.05 bits per heavy atom. The molecule has 0 saturated carbocycles. The average Bonchev–Trinajstić information content (AvgIpc) is 2.66. The van der Waals surface area contributed by atoms with E-state index in [-0.39, 0.29) is 0 Å². The first-order chi connectivity index (χ1) is 9.08. The Balaban J connectivity index is 2.30. The molecule has 1 aromatic carbocycles. The Kier molecular flexibility index (Phi) is 2.67. The van der Waals surface area contributed by atoms with E-state index in [0.29, 0.717) is 16.5 Å². The summed E-state index contributed by atoms with van der Waals surface area (Å²) in [5.74, 6) is 1.12. The van der Waals surface area contributed by atoms with Gasteiger partial charge in [-0.05, 0) is 26.0 Å². The van der Waals surface area contributed by atoms with Crippen molar-refractivity contribution in [3.05, 3.63) is 35.7 Å². The summed E-state index contributed by atoms with van der Waals surface area (Å²) in [5.41, 5.74) is 9.23. The molecule has 0 bridgehead atoms. The molecule has 0 aliphatic heterocycles. The van der Waals surface area contributed by atoms with Gasteiger partial charge in [0.1, 0.15) is 5.82 Å². The maximum Gasteiger partial charge on any atom is 0.177 e. The second kappa shape index (κ2) is 4.24. The van der Waals surface area contributed by atoms with Crippen molar-refractivity contribution in [1.82, 2.24) is 19.7 Å². The molecule has 0 unspecified atom stereocenters. The van der Waals surface area contributed by atoms with Gasteiger partial charge in [0.25, 0.3) is 0 Å². The Bertz CT molecular complexity index is 778. The zero-order valence-corrected chi connectivity index (χ0v) is 11.5. The third-order valence-corrected chi connectivity index (χ3v) is 3.54. The van der Waals surface area contributed by atoms with Crippen molar-refractivity contribution in [2.24, 2.45) is 0 Å². The van der Waals surface area contributed by atoms with Crippen LogP contribution in [0.2, 0.25) is 0 Å². The number of hydrogen-bond acceptors (Lipinski definition) is 5. The molecule has 0 aliphatic carbocycles. The van der Waals surface area contributed by atoms with Crippen LogP contribution in [0.15, 0.2) is 29.2 Å². The summed E-state index contributed by atoms with van der Waals surface area (Å²) < 4.78 is 1.59. The largest absolute Gasteiger partial charge is 0.383 e. The number of fused-ring (bicyclic) bond motifs is 1. The molecule has 3 rings (SSSR count). The second-order valence-electron chi connectivity index (χ2n) is 4.35. The number of hydrogen-bond donors (Lipinski definition) is 2. The minimum atomic E-state index is 0.480. The molecule has 2 N–H and O–H groups in total. The Morgan fingerprint density at radius 2 is 1.68 bits per heavy atom. The van der Waals surface area contributed by atoms with Crippen LogP contribution in [0, 0.1) is 13.8 Å². The third kappa shape index (κ3) is 1.84. The van der Waals surface area contributed by atoms with Gasteiger partial charge in [-0.1, -0.05) is 12.1 Å². The minimum Gasteiger partial charge on any atom is -0.383 e. The SMILES string of the molecule is Cc1nc2ccccc2nc1-n1nc(C)c(S)c1N. The normalized spacial score (nSPS) is 11.1. The molecule has 2 heterocycles. The van der Waals surface area contributed by atoms with E-state index < -0.39 is 0 Å². The van der Waals surface area contributed by atoms with Crippen LogP contribution < -0.4 is 5.73 Å². The summed E-state index contributed by atoms with van der Waals surface area (Å²) >= 11 is 4.33. The zero-order valence-electron chi connectivity index (χ0n) is 10.6. The molecule has 0 saturated heterocycles. The maximum absolute atomic E-state index is 6.00. The van der Waals surface area contributed by atoms with Crippen LogP contribution in [0.25, 0.3) is 16.9 Å². The lowest BCUT2D eigenvalue weighted by atomic mass is 10.3.